The molecule has 3 heterocycles. The number of anilines is 5. The molecule has 0 atom stereocenters. The molecule has 12 heteroatoms. The average molecular weight is 525 g/mol. The smallest absolute Gasteiger partial charge is 0.247 e. The number of aliphatic hydroxyl groups excluding tert-OH is 1. The van der Waals surface area contributed by atoms with E-state index < -0.39 is 0 Å². The van der Waals surface area contributed by atoms with Crippen molar-refractivity contribution in [2.45, 2.75) is 6.73 Å². The summed E-state index contributed by atoms with van der Waals surface area (Å²) in [4.78, 5) is 28.1. The normalized spacial score (nSPS) is 13.6. The van der Waals surface area contributed by atoms with Crippen molar-refractivity contribution in [1.82, 2.24) is 19.4 Å². The second-order valence-corrected chi connectivity index (χ2v) is 9.25. The standard InChI is InChI=1S/C26H36N8O4/c1-6-23(36)27-19-15-20(22(37-5)16-21(19)32(4)10-9-31(2)3)28-26-29-24(33-11-13-38-14-12-33)18-7-8-34(17-35)25(18)30-26/h6-8,15-16,35H,1,9-14,17H2,2-5H3,(H,27,36)(H,28,29,30). The first-order valence-corrected chi connectivity index (χ1v) is 12.4. The Bertz CT molecular complexity index is 1290. The maximum absolute atomic E-state index is 12.3. The van der Waals surface area contributed by atoms with Crippen LogP contribution in [0.3, 0.4) is 0 Å². The molecule has 0 spiro atoms. The number of fused-ring (bicyclic) bond motifs is 1. The van der Waals surface area contributed by atoms with Gasteiger partial charge in [-0.05, 0) is 32.3 Å². The number of likely N-dealkylation sites (N-methyl/N-ethyl adjacent to an activating group) is 2. The van der Waals surface area contributed by atoms with E-state index in [1.54, 1.807) is 23.9 Å². The summed E-state index contributed by atoms with van der Waals surface area (Å²) in [6, 6.07) is 5.57. The maximum Gasteiger partial charge on any atom is 0.247 e. The van der Waals surface area contributed by atoms with Gasteiger partial charge in [0.2, 0.25) is 11.9 Å². The van der Waals surface area contributed by atoms with Crippen LogP contribution in [0.5, 0.6) is 5.75 Å². The molecule has 1 aromatic carbocycles. The number of hydrogen-bond acceptors (Lipinski definition) is 10. The highest BCUT2D eigenvalue weighted by Crippen LogP contribution is 2.38. The van der Waals surface area contributed by atoms with E-state index in [1.807, 2.05) is 33.3 Å². The number of amides is 1. The summed E-state index contributed by atoms with van der Waals surface area (Å²) < 4.78 is 12.9. The van der Waals surface area contributed by atoms with E-state index in [1.165, 1.54) is 6.08 Å². The molecule has 2 aromatic heterocycles. The number of rotatable bonds is 11. The van der Waals surface area contributed by atoms with E-state index in [9.17, 15) is 9.90 Å². The molecular formula is C26H36N8O4. The molecular weight excluding hydrogens is 488 g/mol. The first-order valence-electron chi connectivity index (χ1n) is 12.4. The second kappa shape index (κ2) is 12.1. The summed E-state index contributed by atoms with van der Waals surface area (Å²) >= 11 is 0. The lowest BCUT2D eigenvalue weighted by molar-refractivity contribution is -0.111. The molecule has 3 aromatic rings. The molecule has 1 amide bonds. The molecule has 12 nitrogen and oxygen atoms in total. The molecule has 4 rings (SSSR count). The maximum atomic E-state index is 12.3. The first-order chi connectivity index (χ1) is 18.3. The lowest BCUT2D eigenvalue weighted by Gasteiger charge is -2.28. The number of ether oxygens (including phenoxy) is 2. The largest absolute Gasteiger partial charge is 0.494 e. The van der Waals surface area contributed by atoms with Gasteiger partial charge in [0.05, 0.1) is 42.8 Å². The fourth-order valence-corrected chi connectivity index (χ4v) is 4.26. The lowest BCUT2D eigenvalue weighted by Crippen LogP contribution is -2.37. The Morgan fingerprint density at radius 2 is 1.97 bits per heavy atom. The lowest BCUT2D eigenvalue weighted by atomic mass is 10.2. The fourth-order valence-electron chi connectivity index (χ4n) is 4.26. The highest BCUT2D eigenvalue weighted by Gasteiger charge is 2.21. The molecule has 0 aliphatic carbocycles. The van der Waals surface area contributed by atoms with Crippen LogP contribution in [0.25, 0.3) is 11.0 Å². The van der Waals surface area contributed by atoms with Gasteiger partial charge < -0.3 is 44.5 Å². The predicted molar refractivity (Wildman–Crippen MR) is 150 cm³/mol. The zero-order valence-corrected chi connectivity index (χ0v) is 22.4. The monoisotopic (exact) mass is 524 g/mol. The van der Waals surface area contributed by atoms with E-state index in [0.29, 0.717) is 55.0 Å². The number of benzene rings is 1. The minimum Gasteiger partial charge on any atom is -0.494 e. The molecule has 0 radical (unpaired) electrons. The SMILES string of the molecule is C=CC(=O)Nc1cc(Nc2nc(N3CCOCC3)c3ccn(CO)c3n2)c(OC)cc1N(C)CCN(C)C. The first kappa shape index (κ1) is 27.2. The Morgan fingerprint density at radius 1 is 1.21 bits per heavy atom. The third-order valence-corrected chi connectivity index (χ3v) is 6.36. The summed E-state index contributed by atoms with van der Waals surface area (Å²) in [7, 11) is 7.57. The Kier molecular flexibility index (Phi) is 8.66. The number of methoxy groups -OCH3 is 1. The quantitative estimate of drug-likeness (QED) is 0.322. The van der Waals surface area contributed by atoms with E-state index in [0.717, 1.165) is 30.0 Å². The molecule has 3 N–H and O–H groups in total. The van der Waals surface area contributed by atoms with Crippen molar-refractivity contribution in [2.24, 2.45) is 0 Å². The molecule has 38 heavy (non-hydrogen) atoms. The van der Waals surface area contributed by atoms with Crippen LogP contribution in [0.1, 0.15) is 0 Å². The summed E-state index contributed by atoms with van der Waals surface area (Å²) in [5, 5.41) is 16.9. The zero-order chi connectivity index (χ0) is 27.2. The Hall–Kier alpha value is -3.87. The summed E-state index contributed by atoms with van der Waals surface area (Å²) in [5.74, 6) is 1.33. The van der Waals surface area contributed by atoms with Crippen molar-refractivity contribution >= 4 is 45.8 Å². The molecule has 1 saturated heterocycles. The van der Waals surface area contributed by atoms with Crippen molar-refractivity contribution < 1.29 is 19.4 Å². The second-order valence-electron chi connectivity index (χ2n) is 9.25. The molecule has 1 aliphatic rings. The van der Waals surface area contributed by atoms with Crippen LogP contribution >= 0.6 is 0 Å². The van der Waals surface area contributed by atoms with E-state index in [2.05, 4.69) is 31.9 Å². The van der Waals surface area contributed by atoms with Crippen molar-refractivity contribution in [3.05, 3.63) is 37.1 Å². The van der Waals surface area contributed by atoms with Crippen LogP contribution in [-0.4, -0.2) is 98.1 Å². The molecule has 204 valence electrons. The Balaban J connectivity index is 1.76. The number of nitrogens with one attached hydrogen (secondary N) is 2. The van der Waals surface area contributed by atoms with E-state index in [4.69, 9.17) is 19.4 Å². The highest BCUT2D eigenvalue weighted by atomic mass is 16.5. The third-order valence-electron chi connectivity index (χ3n) is 6.36. The highest BCUT2D eigenvalue weighted by molar-refractivity contribution is 6.02. The van der Waals surface area contributed by atoms with Gasteiger partial charge in [0.1, 0.15) is 23.9 Å². The fraction of sp³-hybridized carbons (Fsp3) is 0.423. The average Bonchev–Trinajstić information content (AvgIpc) is 3.34. The minimum atomic E-state index is -0.323. The number of hydrogen-bond donors (Lipinski definition) is 3. The van der Waals surface area contributed by atoms with Gasteiger partial charge in [-0.25, -0.2) is 0 Å². The van der Waals surface area contributed by atoms with Crippen LogP contribution in [0.4, 0.5) is 28.8 Å². The Labute approximate surface area is 222 Å². The van der Waals surface area contributed by atoms with Gasteiger partial charge in [0.15, 0.2) is 0 Å². The van der Waals surface area contributed by atoms with Gasteiger partial charge in [-0.15, -0.1) is 0 Å². The van der Waals surface area contributed by atoms with Gasteiger partial charge in [-0.1, -0.05) is 6.58 Å². The third kappa shape index (κ3) is 5.98. The molecule has 0 unspecified atom stereocenters. The zero-order valence-electron chi connectivity index (χ0n) is 22.4. The van der Waals surface area contributed by atoms with Crippen LogP contribution in [0.2, 0.25) is 0 Å². The number of aromatic nitrogens is 3. The van der Waals surface area contributed by atoms with E-state index >= 15 is 0 Å². The topological polar surface area (TPSA) is 120 Å². The molecule has 0 bridgehead atoms. The molecule has 0 saturated carbocycles. The number of carbonyl (C=O) groups is 1. The van der Waals surface area contributed by atoms with Crippen LogP contribution in [0, 0.1) is 0 Å². The summed E-state index contributed by atoms with van der Waals surface area (Å²) in [6.07, 6.45) is 3.02. The van der Waals surface area contributed by atoms with Crippen LogP contribution < -0.4 is 25.2 Å². The Morgan fingerprint density at radius 3 is 2.63 bits per heavy atom. The summed E-state index contributed by atoms with van der Waals surface area (Å²) in [5.41, 5.74) is 2.56. The molecule has 1 aliphatic heterocycles. The molecule has 1 fully saturated rings. The van der Waals surface area contributed by atoms with Gasteiger partial charge in [-0.3, -0.25) is 4.79 Å². The van der Waals surface area contributed by atoms with Gasteiger partial charge in [-0.2, -0.15) is 9.97 Å². The van der Waals surface area contributed by atoms with Gasteiger partial charge >= 0.3 is 0 Å². The van der Waals surface area contributed by atoms with Crippen molar-refractivity contribution in [2.75, 3.05) is 88.1 Å². The van der Waals surface area contributed by atoms with Crippen molar-refractivity contribution in [3.8, 4) is 5.75 Å². The van der Waals surface area contributed by atoms with Gasteiger partial charge in [0, 0.05) is 45.5 Å². The minimum absolute atomic E-state index is 0.211. The number of nitrogens with zero attached hydrogens (tertiary/aromatic N) is 6. The van der Waals surface area contributed by atoms with Gasteiger partial charge in [0.25, 0.3) is 0 Å². The number of morpholine rings is 1. The number of aliphatic hydroxyl groups is 1. The van der Waals surface area contributed by atoms with Crippen LogP contribution in [0.15, 0.2) is 37.1 Å². The summed E-state index contributed by atoms with van der Waals surface area (Å²) in [6.45, 7) is 7.55. The predicted octanol–water partition coefficient (Wildman–Crippen LogP) is 2.09. The van der Waals surface area contributed by atoms with Crippen molar-refractivity contribution in [3.63, 3.8) is 0 Å². The number of carbonyl (C=O) groups excluding carboxylic acids is 1. The van der Waals surface area contributed by atoms with E-state index in [-0.39, 0.29) is 12.6 Å². The van der Waals surface area contributed by atoms with Crippen molar-refractivity contribution in [1.29, 1.82) is 0 Å². The van der Waals surface area contributed by atoms with Crippen LogP contribution in [-0.2, 0) is 16.3 Å².